The molecule has 2 rings (SSSR count). The van der Waals surface area contributed by atoms with Crippen LogP contribution in [0.3, 0.4) is 0 Å². The van der Waals surface area contributed by atoms with Gasteiger partial charge in [-0.05, 0) is 24.1 Å². The molecule has 0 radical (unpaired) electrons. The van der Waals surface area contributed by atoms with Crippen molar-refractivity contribution in [2.24, 2.45) is 11.0 Å². The lowest BCUT2D eigenvalue weighted by Crippen LogP contribution is -2.35. The number of hydrogen-bond donors (Lipinski definition) is 1. The van der Waals surface area contributed by atoms with Crippen molar-refractivity contribution in [1.29, 1.82) is 0 Å². The molecule has 1 aromatic carbocycles. The number of hydrazone groups is 1. The molecule has 2 unspecified atom stereocenters. The van der Waals surface area contributed by atoms with Crippen LogP contribution in [0.5, 0.6) is 5.75 Å². The smallest absolute Gasteiger partial charge is 0.260 e. The van der Waals surface area contributed by atoms with Crippen LogP contribution in [0.1, 0.15) is 5.56 Å². The second-order valence-corrected chi connectivity index (χ2v) is 3.98. The van der Waals surface area contributed by atoms with Crippen LogP contribution >= 0.6 is 0 Å². The average Bonchev–Trinajstić information content (AvgIpc) is 2.78. The fraction of sp³-hybridized carbons (Fsp3) is 0.417. The topological polar surface area (TPSA) is 33.6 Å². The SMILES string of the molecule is COc1ccc(CC2C=NNC2C(F)F)cc1. The zero-order valence-electron chi connectivity index (χ0n) is 9.44. The summed E-state index contributed by atoms with van der Waals surface area (Å²) >= 11 is 0. The van der Waals surface area contributed by atoms with Crippen LogP contribution in [0.25, 0.3) is 0 Å². The second-order valence-electron chi connectivity index (χ2n) is 3.98. The van der Waals surface area contributed by atoms with Crippen LogP contribution in [0.2, 0.25) is 0 Å². The normalized spacial score (nSPS) is 22.8. The molecule has 0 bridgehead atoms. The molecule has 5 heteroatoms. The number of halogens is 2. The first-order valence-electron chi connectivity index (χ1n) is 5.40. The van der Waals surface area contributed by atoms with E-state index >= 15 is 0 Å². The monoisotopic (exact) mass is 240 g/mol. The summed E-state index contributed by atoms with van der Waals surface area (Å²) < 4.78 is 30.3. The Morgan fingerprint density at radius 2 is 2.06 bits per heavy atom. The third kappa shape index (κ3) is 2.72. The molecule has 92 valence electrons. The predicted molar refractivity (Wildman–Crippen MR) is 61.6 cm³/mol. The highest BCUT2D eigenvalue weighted by molar-refractivity contribution is 5.64. The van der Waals surface area contributed by atoms with Crippen molar-refractivity contribution in [1.82, 2.24) is 5.43 Å². The van der Waals surface area contributed by atoms with Crippen molar-refractivity contribution in [2.45, 2.75) is 18.9 Å². The summed E-state index contributed by atoms with van der Waals surface area (Å²) in [5.74, 6) is 0.501. The van der Waals surface area contributed by atoms with Crippen LogP contribution in [0.4, 0.5) is 8.78 Å². The number of hydrogen-bond acceptors (Lipinski definition) is 3. The van der Waals surface area contributed by atoms with Crippen LogP contribution in [-0.2, 0) is 6.42 Å². The van der Waals surface area contributed by atoms with Gasteiger partial charge in [0.1, 0.15) is 11.8 Å². The Kier molecular flexibility index (Phi) is 3.56. The molecular weight excluding hydrogens is 226 g/mol. The van der Waals surface area contributed by atoms with E-state index in [0.717, 1.165) is 11.3 Å². The summed E-state index contributed by atoms with van der Waals surface area (Å²) in [5.41, 5.74) is 3.44. The molecular formula is C12H14F2N2O. The van der Waals surface area contributed by atoms with Crippen LogP contribution in [-0.4, -0.2) is 25.8 Å². The van der Waals surface area contributed by atoms with Crippen LogP contribution in [0, 0.1) is 5.92 Å². The van der Waals surface area contributed by atoms with E-state index in [1.54, 1.807) is 13.3 Å². The van der Waals surface area contributed by atoms with E-state index in [9.17, 15) is 8.78 Å². The molecule has 0 amide bonds. The van der Waals surface area contributed by atoms with Gasteiger partial charge in [0.25, 0.3) is 6.43 Å². The first kappa shape index (κ1) is 11.8. The highest BCUT2D eigenvalue weighted by Gasteiger charge is 2.31. The Morgan fingerprint density at radius 3 is 2.65 bits per heavy atom. The summed E-state index contributed by atoms with van der Waals surface area (Å²) in [6, 6.07) is 6.54. The first-order valence-corrected chi connectivity index (χ1v) is 5.40. The van der Waals surface area contributed by atoms with E-state index in [0.29, 0.717) is 6.42 Å². The third-order valence-corrected chi connectivity index (χ3v) is 2.85. The molecule has 0 saturated carbocycles. The van der Waals surface area contributed by atoms with Gasteiger partial charge in [-0.3, -0.25) is 0 Å². The maximum atomic E-state index is 12.6. The molecule has 1 aliphatic heterocycles. The maximum Gasteiger partial charge on any atom is 0.260 e. The Bertz CT molecular complexity index is 392. The van der Waals surface area contributed by atoms with E-state index in [4.69, 9.17) is 4.74 Å². The Hall–Kier alpha value is -1.65. The number of rotatable bonds is 4. The van der Waals surface area contributed by atoms with E-state index in [1.807, 2.05) is 24.3 Å². The number of benzene rings is 1. The molecule has 0 spiro atoms. The lowest BCUT2D eigenvalue weighted by Gasteiger charge is -2.17. The Balaban J connectivity index is 2.02. The number of methoxy groups -OCH3 is 1. The van der Waals surface area contributed by atoms with Crippen molar-refractivity contribution in [3.8, 4) is 5.75 Å². The highest BCUT2D eigenvalue weighted by Crippen LogP contribution is 2.21. The first-order chi connectivity index (χ1) is 8.20. The molecule has 3 nitrogen and oxygen atoms in total. The third-order valence-electron chi connectivity index (χ3n) is 2.85. The quantitative estimate of drug-likeness (QED) is 0.874. The van der Waals surface area contributed by atoms with E-state index in [1.165, 1.54) is 0 Å². The number of ether oxygens (including phenoxy) is 1. The van der Waals surface area contributed by atoms with Crippen LogP contribution < -0.4 is 10.2 Å². The van der Waals surface area contributed by atoms with Gasteiger partial charge < -0.3 is 10.2 Å². The average molecular weight is 240 g/mol. The van der Waals surface area contributed by atoms with Gasteiger partial charge in [-0.25, -0.2) is 8.78 Å². The minimum absolute atomic E-state index is 0.261. The zero-order chi connectivity index (χ0) is 12.3. The Labute approximate surface area is 98.5 Å². The Morgan fingerprint density at radius 1 is 1.35 bits per heavy atom. The van der Waals surface area contributed by atoms with E-state index in [2.05, 4.69) is 10.5 Å². The van der Waals surface area contributed by atoms with E-state index in [-0.39, 0.29) is 5.92 Å². The molecule has 0 aliphatic carbocycles. The predicted octanol–water partition coefficient (Wildman–Crippen LogP) is 2.08. The molecule has 1 N–H and O–H groups in total. The fourth-order valence-corrected chi connectivity index (χ4v) is 1.87. The number of nitrogens with one attached hydrogen (secondary N) is 1. The van der Waals surface area contributed by atoms with Crippen molar-refractivity contribution in [3.05, 3.63) is 29.8 Å². The van der Waals surface area contributed by atoms with Gasteiger partial charge >= 0.3 is 0 Å². The van der Waals surface area contributed by atoms with Gasteiger partial charge in [-0.15, -0.1) is 0 Å². The van der Waals surface area contributed by atoms with Crippen LogP contribution in [0.15, 0.2) is 29.4 Å². The molecule has 1 heterocycles. The second kappa shape index (κ2) is 5.12. The van der Waals surface area contributed by atoms with Gasteiger partial charge in [0.05, 0.1) is 7.11 Å². The zero-order valence-corrected chi connectivity index (χ0v) is 9.44. The molecule has 2 atom stereocenters. The molecule has 0 aromatic heterocycles. The summed E-state index contributed by atoms with van der Waals surface area (Å²) in [7, 11) is 1.59. The van der Waals surface area contributed by atoms with Crippen molar-refractivity contribution >= 4 is 6.21 Å². The minimum atomic E-state index is -2.40. The lowest BCUT2D eigenvalue weighted by atomic mass is 9.94. The summed E-state index contributed by atoms with van der Waals surface area (Å²) in [4.78, 5) is 0. The van der Waals surface area contributed by atoms with Gasteiger partial charge in [-0.1, -0.05) is 12.1 Å². The fourth-order valence-electron chi connectivity index (χ4n) is 1.87. The molecule has 0 fully saturated rings. The summed E-state index contributed by atoms with van der Waals surface area (Å²) in [6.07, 6.45) is -0.294. The lowest BCUT2D eigenvalue weighted by molar-refractivity contribution is 0.0899. The summed E-state index contributed by atoms with van der Waals surface area (Å²) in [6.45, 7) is 0. The van der Waals surface area contributed by atoms with Crippen molar-refractivity contribution in [2.75, 3.05) is 7.11 Å². The van der Waals surface area contributed by atoms with Gasteiger partial charge in [0.15, 0.2) is 0 Å². The number of nitrogens with zero attached hydrogens (tertiary/aromatic N) is 1. The largest absolute Gasteiger partial charge is 0.497 e. The standard InChI is InChI=1S/C12H14F2N2O/c1-17-10-4-2-8(3-5-10)6-9-7-15-16-11(9)12(13)14/h2-5,7,9,11-12,16H,6H2,1H3. The molecule has 1 aromatic rings. The molecule has 0 saturated heterocycles. The molecule has 1 aliphatic rings. The summed E-state index contributed by atoms with van der Waals surface area (Å²) in [5, 5.41) is 3.72. The highest BCUT2D eigenvalue weighted by atomic mass is 19.3. The van der Waals surface area contributed by atoms with Gasteiger partial charge in [0, 0.05) is 12.1 Å². The molecule has 17 heavy (non-hydrogen) atoms. The minimum Gasteiger partial charge on any atom is -0.497 e. The van der Waals surface area contributed by atoms with Gasteiger partial charge in [-0.2, -0.15) is 5.10 Å². The maximum absolute atomic E-state index is 12.6. The van der Waals surface area contributed by atoms with Gasteiger partial charge in [0.2, 0.25) is 0 Å². The van der Waals surface area contributed by atoms with Crippen molar-refractivity contribution in [3.63, 3.8) is 0 Å². The van der Waals surface area contributed by atoms with Crippen molar-refractivity contribution < 1.29 is 13.5 Å². The number of alkyl halides is 2. The van der Waals surface area contributed by atoms with E-state index < -0.39 is 12.5 Å².